The number of hydrogen-bond donors (Lipinski definition) is 0. The van der Waals surface area contributed by atoms with Crippen LogP contribution in [-0.2, 0) is 11.5 Å². The standard InChI is InChI=1S/C15H22N2OSi/c1-19(2,3)12-11-18-13-17-15(9-10-16-17)14-7-5-4-6-8-14/h4-10H,11-13H2,1-3H3. The monoisotopic (exact) mass is 274 g/mol. The van der Waals surface area contributed by atoms with Gasteiger partial charge >= 0.3 is 0 Å². The first-order chi connectivity index (χ1) is 9.06. The lowest BCUT2D eigenvalue weighted by Crippen LogP contribution is -2.22. The predicted octanol–water partition coefficient (Wildman–Crippen LogP) is 3.86. The average molecular weight is 274 g/mol. The minimum Gasteiger partial charge on any atom is -0.360 e. The van der Waals surface area contributed by atoms with Crippen molar-refractivity contribution < 1.29 is 4.74 Å². The number of nitrogens with zero attached hydrogens (tertiary/aromatic N) is 2. The van der Waals surface area contributed by atoms with Crippen LogP contribution < -0.4 is 0 Å². The van der Waals surface area contributed by atoms with Crippen molar-refractivity contribution in [3.63, 3.8) is 0 Å². The lowest BCUT2D eigenvalue weighted by atomic mass is 10.1. The molecule has 0 amide bonds. The van der Waals surface area contributed by atoms with Crippen LogP contribution >= 0.6 is 0 Å². The molecule has 0 unspecified atom stereocenters. The van der Waals surface area contributed by atoms with Crippen LogP contribution in [0.25, 0.3) is 11.3 Å². The molecule has 0 fully saturated rings. The summed E-state index contributed by atoms with van der Waals surface area (Å²) in [5, 5.41) is 4.33. The van der Waals surface area contributed by atoms with Crippen LogP contribution in [0.3, 0.4) is 0 Å². The smallest absolute Gasteiger partial charge is 0.139 e. The molecule has 102 valence electrons. The first kappa shape index (κ1) is 14.0. The van der Waals surface area contributed by atoms with E-state index in [4.69, 9.17) is 4.74 Å². The first-order valence-electron chi connectivity index (χ1n) is 6.71. The van der Waals surface area contributed by atoms with E-state index in [1.165, 1.54) is 11.6 Å². The van der Waals surface area contributed by atoms with Crippen molar-refractivity contribution in [2.24, 2.45) is 0 Å². The summed E-state index contributed by atoms with van der Waals surface area (Å²) in [6.07, 6.45) is 1.82. The van der Waals surface area contributed by atoms with Gasteiger partial charge in [-0.25, -0.2) is 4.68 Å². The Balaban J connectivity index is 1.94. The lowest BCUT2D eigenvalue weighted by molar-refractivity contribution is 0.0798. The molecule has 3 nitrogen and oxygen atoms in total. The van der Waals surface area contributed by atoms with Gasteiger partial charge in [-0.1, -0.05) is 50.0 Å². The van der Waals surface area contributed by atoms with Gasteiger partial charge in [0.1, 0.15) is 6.73 Å². The second-order valence-electron chi connectivity index (χ2n) is 5.93. The Morgan fingerprint density at radius 2 is 1.84 bits per heavy atom. The molecule has 0 saturated heterocycles. The first-order valence-corrected chi connectivity index (χ1v) is 10.4. The molecule has 0 N–H and O–H groups in total. The van der Waals surface area contributed by atoms with E-state index in [0.29, 0.717) is 6.73 Å². The molecular weight excluding hydrogens is 252 g/mol. The summed E-state index contributed by atoms with van der Waals surface area (Å²) in [7, 11) is -1.01. The van der Waals surface area contributed by atoms with Gasteiger partial charge in [-0.05, 0) is 17.7 Å². The van der Waals surface area contributed by atoms with E-state index in [1.807, 2.05) is 35.1 Å². The summed E-state index contributed by atoms with van der Waals surface area (Å²) >= 11 is 0. The van der Waals surface area contributed by atoms with Crippen molar-refractivity contribution in [2.45, 2.75) is 32.4 Å². The Morgan fingerprint density at radius 1 is 1.11 bits per heavy atom. The quantitative estimate of drug-likeness (QED) is 0.591. The van der Waals surface area contributed by atoms with Crippen LogP contribution in [0.2, 0.25) is 25.7 Å². The molecule has 19 heavy (non-hydrogen) atoms. The predicted molar refractivity (Wildman–Crippen MR) is 81.8 cm³/mol. The van der Waals surface area contributed by atoms with Crippen molar-refractivity contribution in [1.29, 1.82) is 0 Å². The molecule has 0 aliphatic carbocycles. The zero-order valence-corrected chi connectivity index (χ0v) is 13.0. The fourth-order valence-electron chi connectivity index (χ4n) is 1.82. The Bertz CT molecular complexity index is 502. The van der Waals surface area contributed by atoms with Gasteiger partial charge in [0.05, 0.1) is 5.69 Å². The SMILES string of the molecule is C[Si](C)(C)CCOCn1nccc1-c1ccccc1. The molecule has 0 aliphatic heterocycles. The summed E-state index contributed by atoms with van der Waals surface area (Å²) in [5.41, 5.74) is 2.28. The average Bonchev–Trinajstić information content (AvgIpc) is 2.83. The third-order valence-electron chi connectivity index (χ3n) is 3.00. The summed E-state index contributed by atoms with van der Waals surface area (Å²) in [6.45, 7) is 8.44. The minimum atomic E-state index is -1.01. The lowest BCUT2D eigenvalue weighted by Gasteiger charge is -2.15. The number of rotatable bonds is 6. The summed E-state index contributed by atoms with van der Waals surface area (Å²) in [5.74, 6) is 0. The fraction of sp³-hybridized carbons (Fsp3) is 0.400. The van der Waals surface area contributed by atoms with Gasteiger partial charge in [-0.15, -0.1) is 0 Å². The summed E-state index contributed by atoms with van der Waals surface area (Å²) in [4.78, 5) is 0. The van der Waals surface area contributed by atoms with E-state index in [0.717, 1.165) is 12.3 Å². The molecule has 2 rings (SSSR count). The normalized spacial score (nSPS) is 11.7. The molecule has 0 spiro atoms. The van der Waals surface area contributed by atoms with Crippen LogP contribution in [0.1, 0.15) is 0 Å². The number of benzene rings is 1. The Morgan fingerprint density at radius 3 is 2.53 bits per heavy atom. The van der Waals surface area contributed by atoms with E-state index < -0.39 is 8.07 Å². The van der Waals surface area contributed by atoms with E-state index in [1.54, 1.807) is 0 Å². The van der Waals surface area contributed by atoms with E-state index in [2.05, 4.69) is 36.9 Å². The molecule has 1 heterocycles. The second kappa shape index (κ2) is 6.17. The molecule has 2 aromatic rings. The van der Waals surface area contributed by atoms with Crippen molar-refractivity contribution in [3.05, 3.63) is 42.6 Å². The third kappa shape index (κ3) is 4.33. The fourth-order valence-corrected chi connectivity index (χ4v) is 2.58. The minimum absolute atomic E-state index is 0.529. The zero-order chi connectivity index (χ0) is 13.7. The third-order valence-corrected chi connectivity index (χ3v) is 4.70. The highest BCUT2D eigenvalue weighted by Crippen LogP contribution is 2.18. The van der Waals surface area contributed by atoms with E-state index >= 15 is 0 Å². The summed E-state index contributed by atoms with van der Waals surface area (Å²) in [6, 6.07) is 13.5. The van der Waals surface area contributed by atoms with Crippen molar-refractivity contribution >= 4 is 8.07 Å². The van der Waals surface area contributed by atoms with E-state index in [9.17, 15) is 0 Å². The number of hydrogen-bond acceptors (Lipinski definition) is 2. The Labute approximate surface area is 116 Å². The van der Waals surface area contributed by atoms with Gasteiger partial charge < -0.3 is 4.74 Å². The van der Waals surface area contributed by atoms with Gasteiger partial charge in [0.25, 0.3) is 0 Å². The van der Waals surface area contributed by atoms with Crippen LogP contribution in [0.15, 0.2) is 42.6 Å². The molecule has 4 heteroatoms. The van der Waals surface area contributed by atoms with Gasteiger partial charge in [-0.3, -0.25) is 0 Å². The highest BCUT2D eigenvalue weighted by atomic mass is 28.3. The molecule has 0 atom stereocenters. The molecule has 0 aliphatic rings. The largest absolute Gasteiger partial charge is 0.360 e. The molecule has 1 aromatic carbocycles. The summed E-state index contributed by atoms with van der Waals surface area (Å²) < 4.78 is 7.67. The number of ether oxygens (including phenoxy) is 1. The van der Waals surface area contributed by atoms with Gasteiger partial charge in [0, 0.05) is 20.9 Å². The molecular formula is C15H22N2OSi. The topological polar surface area (TPSA) is 27.1 Å². The van der Waals surface area contributed by atoms with E-state index in [-0.39, 0.29) is 0 Å². The molecule has 0 saturated carbocycles. The van der Waals surface area contributed by atoms with Gasteiger partial charge in [0.2, 0.25) is 0 Å². The highest BCUT2D eigenvalue weighted by Gasteiger charge is 2.12. The maximum absolute atomic E-state index is 5.75. The highest BCUT2D eigenvalue weighted by molar-refractivity contribution is 6.76. The maximum atomic E-state index is 5.75. The van der Waals surface area contributed by atoms with Gasteiger partial charge in [-0.2, -0.15) is 5.10 Å². The molecule has 1 aromatic heterocycles. The molecule has 0 radical (unpaired) electrons. The van der Waals surface area contributed by atoms with Gasteiger partial charge in [0.15, 0.2) is 0 Å². The second-order valence-corrected chi connectivity index (χ2v) is 11.6. The van der Waals surface area contributed by atoms with Crippen molar-refractivity contribution in [1.82, 2.24) is 9.78 Å². The molecule has 0 bridgehead atoms. The maximum Gasteiger partial charge on any atom is 0.139 e. The zero-order valence-electron chi connectivity index (χ0n) is 12.0. The van der Waals surface area contributed by atoms with Crippen LogP contribution in [-0.4, -0.2) is 24.5 Å². The van der Waals surface area contributed by atoms with Crippen LogP contribution in [0.5, 0.6) is 0 Å². The Kier molecular flexibility index (Phi) is 4.55. The van der Waals surface area contributed by atoms with Crippen LogP contribution in [0, 0.1) is 0 Å². The van der Waals surface area contributed by atoms with Crippen molar-refractivity contribution in [3.8, 4) is 11.3 Å². The Hall–Kier alpha value is -1.39. The van der Waals surface area contributed by atoms with Crippen molar-refractivity contribution in [2.75, 3.05) is 6.61 Å². The van der Waals surface area contributed by atoms with Crippen LogP contribution in [0.4, 0.5) is 0 Å². The number of aromatic nitrogens is 2.